The zero-order chi connectivity index (χ0) is 20.7. The van der Waals surface area contributed by atoms with E-state index in [1.54, 1.807) is 13.8 Å². The lowest BCUT2D eigenvalue weighted by molar-refractivity contribution is -0.136. The SMILES string of the molecule is CCc1cc(C(F)(F)F)c2c(C3CCN(S(=O)(=O)[C@@H](C)CC)CC3)noc2n1. The highest BCUT2D eigenvalue weighted by Gasteiger charge is 2.39. The first-order valence-corrected chi connectivity index (χ1v) is 10.9. The first-order chi connectivity index (χ1) is 13.1. The summed E-state index contributed by atoms with van der Waals surface area (Å²) in [5.41, 5.74) is -0.397. The molecule has 28 heavy (non-hydrogen) atoms. The molecule has 0 spiro atoms. The molecule has 1 aliphatic heterocycles. The van der Waals surface area contributed by atoms with E-state index in [9.17, 15) is 21.6 Å². The first kappa shape index (κ1) is 21.0. The fourth-order valence-electron chi connectivity index (χ4n) is 3.56. The average Bonchev–Trinajstić information content (AvgIpc) is 3.09. The topological polar surface area (TPSA) is 76.3 Å². The number of aryl methyl sites for hydroxylation is 1. The van der Waals surface area contributed by atoms with Gasteiger partial charge in [-0.2, -0.15) is 13.2 Å². The summed E-state index contributed by atoms with van der Waals surface area (Å²) >= 11 is 0. The third-order valence-electron chi connectivity index (χ3n) is 5.48. The molecule has 6 nitrogen and oxygen atoms in total. The fourth-order valence-corrected chi connectivity index (χ4v) is 5.21. The molecular formula is C18H24F3N3O3S. The number of piperidine rings is 1. The molecule has 0 aromatic carbocycles. The lowest BCUT2D eigenvalue weighted by Crippen LogP contribution is -2.42. The number of alkyl halides is 3. The summed E-state index contributed by atoms with van der Waals surface area (Å²) in [5.74, 6) is -0.306. The summed E-state index contributed by atoms with van der Waals surface area (Å²) in [6.45, 7) is 5.71. The van der Waals surface area contributed by atoms with Crippen molar-refractivity contribution in [2.75, 3.05) is 13.1 Å². The lowest BCUT2D eigenvalue weighted by atomic mass is 9.91. The van der Waals surface area contributed by atoms with Crippen molar-refractivity contribution in [3.8, 4) is 0 Å². The van der Waals surface area contributed by atoms with Crippen LogP contribution in [0.4, 0.5) is 13.2 Å². The molecule has 2 aromatic heterocycles. The van der Waals surface area contributed by atoms with E-state index in [1.165, 1.54) is 4.31 Å². The van der Waals surface area contributed by atoms with Gasteiger partial charge in [-0.1, -0.05) is 19.0 Å². The lowest BCUT2D eigenvalue weighted by Gasteiger charge is -2.32. The Bertz CT molecular complexity index is 948. The Balaban J connectivity index is 1.92. The van der Waals surface area contributed by atoms with Crippen LogP contribution in [0.5, 0.6) is 0 Å². The normalized spacial score (nSPS) is 18.6. The van der Waals surface area contributed by atoms with Gasteiger partial charge in [-0.05, 0) is 38.7 Å². The van der Waals surface area contributed by atoms with Gasteiger partial charge < -0.3 is 4.52 Å². The van der Waals surface area contributed by atoms with Crippen LogP contribution in [0.25, 0.3) is 11.1 Å². The molecule has 2 aromatic rings. The van der Waals surface area contributed by atoms with Crippen LogP contribution in [0, 0.1) is 0 Å². The molecule has 0 amide bonds. The van der Waals surface area contributed by atoms with Crippen molar-refractivity contribution in [3.63, 3.8) is 0 Å². The van der Waals surface area contributed by atoms with E-state index in [1.807, 2.05) is 6.92 Å². The Hall–Kier alpha value is -1.68. The van der Waals surface area contributed by atoms with Gasteiger partial charge >= 0.3 is 6.18 Å². The molecule has 3 rings (SSSR count). The summed E-state index contributed by atoms with van der Waals surface area (Å²) in [7, 11) is -3.39. The summed E-state index contributed by atoms with van der Waals surface area (Å²) in [6, 6.07) is 1.05. The molecule has 0 N–H and O–H groups in total. The van der Waals surface area contributed by atoms with Crippen molar-refractivity contribution in [2.45, 2.75) is 63.8 Å². The van der Waals surface area contributed by atoms with Crippen molar-refractivity contribution in [1.29, 1.82) is 0 Å². The van der Waals surface area contributed by atoms with Crippen molar-refractivity contribution in [3.05, 3.63) is 23.0 Å². The zero-order valence-corrected chi connectivity index (χ0v) is 16.9. The van der Waals surface area contributed by atoms with E-state index in [0.717, 1.165) is 6.07 Å². The minimum Gasteiger partial charge on any atom is -0.336 e. The zero-order valence-electron chi connectivity index (χ0n) is 16.1. The first-order valence-electron chi connectivity index (χ1n) is 9.44. The maximum Gasteiger partial charge on any atom is 0.417 e. The van der Waals surface area contributed by atoms with Gasteiger partial charge in [-0.15, -0.1) is 0 Å². The quantitative estimate of drug-likeness (QED) is 0.729. The van der Waals surface area contributed by atoms with Crippen molar-refractivity contribution in [1.82, 2.24) is 14.4 Å². The second-order valence-electron chi connectivity index (χ2n) is 7.20. The Morgan fingerprint density at radius 3 is 2.46 bits per heavy atom. The Morgan fingerprint density at radius 2 is 1.93 bits per heavy atom. The molecular weight excluding hydrogens is 395 g/mol. The van der Waals surface area contributed by atoms with Crippen LogP contribution in [0.2, 0.25) is 0 Å². The Kier molecular flexibility index (Phi) is 5.73. The minimum absolute atomic E-state index is 0.104. The maximum atomic E-state index is 13.6. The molecule has 1 aliphatic rings. The van der Waals surface area contributed by atoms with Gasteiger partial charge in [0.2, 0.25) is 10.0 Å². The van der Waals surface area contributed by atoms with Crippen LogP contribution in [-0.2, 0) is 22.6 Å². The second kappa shape index (κ2) is 7.62. The standard InChI is InChI=1S/C18H24F3N3O3S/c1-4-11(3)28(25,26)24-8-6-12(7-9-24)16-15-14(18(19,20)21)10-13(5-2)22-17(15)27-23-16/h10-12H,4-9H2,1-3H3/t11-/m0/s1. The third-order valence-corrected chi connectivity index (χ3v) is 7.91. The molecule has 0 bridgehead atoms. The Labute approximate surface area is 162 Å². The number of rotatable bonds is 5. The van der Waals surface area contributed by atoms with E-state index in [2.05, 4.69) is 10.1 Å². The number of nitrogens with zero attached hydrogens (tertiary/aromatic N) is 3. The number of fused-ring (bicyclic) bond motifs is 1. The van der Waals surface area contributed by atoms with Crippen LogP contribution in [0.3, 0.4) is 0 Å². The van der Waals surface area contributed by atoms with E-state index >= 15 is 0 Å². The number of pyridine rings is 1. The number of halogens is 3. The average molecular weight is 419 g/mol. The van der Waals surface area contributed by atoms with Crippen LogP contribution in [0.1, 0.15) is 62.9 Å². The predicted molar refractivity (Wildman–Crippen MR) is 98.4 cm³/mol. The monoisotopic (exact) mass is 419 g/mol. The van der Waals surface area contributed by atoms with Gasteiger partial charge in [-0.3, -0.25) is 0 Å². The maximum absolute atomic E-state index is 13.6. The molecule has 1 fully saturated rings. The van der Waals surface area contributed by atoms with Crippen LogP contribution in [-0.4, -0.2) is 41.2 Å². The third kappa shape index (κ3) is 3.76. The number of hydrogen-bond acceptors (Lipinski definition) is 5. The predicted octanol–water partition coefficient (Wildman–Crippen LogP) is 4.11. The van der Waals surface area contributed by atoms with Gasteiger partial charge in [0.15, 0.2) is 0 Å². The highest BCUT2D eigenvalue weighted by atomic mass is 32.2. The highest BCUT2D eigenvalue weighted by molar-refractivity contribution is 7.89. The van der Waals surface area contributed by atoms with E-state index < -0.39 is 27.0 Å². The molecule has 10 heteroatoms. The van der Waals surface area contributed by atoms with Crippen LogP contribution < -0.4 is 0 Å². The van der Waals surface area contributed by atoms with Crippen LogP contribution in [0.15, 0.2) is 10.6 Å². The molecule has 0 unspecified atom stereocenters. The summed E-state index contributed by atoms with van der Waals surface area (Å²) in [5, 5.41) is 3.32. The van der Waals surface area contributed by atoms with Crippen LogP contribution >= 0.6 is 0 Å². The van der Waals surface area contributed by atoms with E-state index in [0.29, 0.717) is 25.7 Å². The molecule has 1 saturated heterocycles. The highest BCUT2D eigenvalue weighted by Crippen LogP contribution is 2.40. The van der Waals surface area contributed by atoms with Gasteiger partial charge in [0.1, 0.15) is 0 Å². The molecule has 3 heterocycles. The smallest absolute Gasteiger partial charge is 0.336 e. The number of aromatic nitrogens is 2. The largest absolute Gasteiger partial charge is 0.417 e. The van der Waals surface area contributed by atoms with Gasteiger partial charge in [0.25, 0.3) is 5.71 Å². The summed E-state index contributed by atoms with van der Waals surface area (Å²) in [4.78, 5) is 4.14. The molecule has 1 atom stereocenters. The Morgan fingerprint density at radius 1 is 1.29 bits per heavy atom. The molecule has 0 radical (unpaired) electrons. The van der Waals surface area contributed by atoms with E-state index in [4.69, 9.17) is 4.52 Å². The second-order valence-corrected chi connectivity index (χ2v) is 9.55. The summed E-state index contributed by atoms with van der Waals surface area (Å²) in [6.07, 6.45) is -2.91. The van der Waals surface area contributed by atoms with Crippen molar-refractivity contribution >= 4 is 21.1 Å². The van der Waals surface area contributed by atoms with Gasteiger partial charge in [-0.25, -0.2) is 17.7 Å². The summed E-state index contributed by atoms with van der Waals surface area (Å²) < 4.78 is 72.4. The van der Waals surface area contributed by atoms with Crippen molar-refractivity contribution < 1.29 is 26.1 Å². The molecule has 0 aliphatic carbocycles. The molecule has 156 valence electrons. The van der Waals surface area contributed by atoms with E-state index in [-0.39, 0.29) is 41.5 Å². The number of hydrogen-bond donors (Lipinski definition) is 0. The van der Waals surface area contributed by atoms with Crippen molar-refractivity contribution in [2.24, 2.45) is 0 Å². The number of sulfonamides is 1. The fraction of sp³-hybridized carbons (Fsp3) is 0.667. The molecule has 0 saturated carbocycles. The minimum atomic E-state index is -4.55. The van der Waals surface area contributed by atoms with Gasteiger partial charge in [0.05, 0.1) is 21.9 Å². The van der Waals surface area contributed by atoms with Gasteiger partial charge in [0, 0.05) is 24.7 Å².